The summed E-state index contributed by atoms with van der Waals surface area (Å²) in [6.07, 6.45) is 0.437. The molecule has 0 aliphatic carbocycles. The number of benzene rings is 3. The fraction of sp³-hybridized carbons (Fsp3) is 0.130. The fourth-order valence-electron chi connectivity index (χ4n) is 3.50. The Kier molecular flexibility index (Phi) is 6.44. The highest BCUT2D eigenvalue weighted by molar-refractivity contribution is 6.37. The second-order valence-corrected chi connectivity index (χ2v) is 8.56. The smallest absolute Gasteiger partial charge is 0.276 e. The first kappa shape index (κ1) is 22.0. The van der Waals surface area contributed by atoms with Crippen LogP contribution in [0.25, 0.3) is 0 Å². The van der Waals surface area contributed by atoms with Crippen molar-refractivity contribution >= 4 is 58.0 Å². The van der Waals surface area contributed by atoms with Gasteiger partial charge < -0.3 is 4.74 Å². The molecule has 4 nitrogen and oxygen atoms in total. The van der Waals surface area contributed by atoms with E-state index in [1.165, 1.54) is 11.1 Å². The van der Waals surface area contributed by atoms with Crippen molar-refractivity contribution in [3.05, 3.63) is 97.4 Å². The highest BCUT2D eigenvalue weighted by atomic mass is 35.5. The summed E-state index contributed by atoms with van der Waals surface area (Å²) >= 11 is 25.2. The minimum atomic E-state index is -0.488. The van der Waals surface area contributed by atoms with Crippen LogP contribution in [0.5, 0.6) is 5.75 Å². The maximum atomic E-state index is 13.4. The number of carbonyl (C=O) groups is 1. The molecule has 1 heterocycles. The number of carbonyl (C=O) groups excluding carboxylic acids is 1. The van der Waals surface area contributed by atoms with E-state index in [1.807, 2.05) is 24.3 Å². The van der Waals surface area contributed by atoms with Crippen molar-refractivity contribution < 1.29 is 9.53 Å². The molecule has 0 saturated carbocycles. The zero-order valence-electron chi connectivity index (χ0n) is 16.3. The molecule has 0 fully saturated rings. The monoisotopic (exact) mass is 492 g/mol. The second-order valence-electron chi connectivity index (χ2n) is 6.90. The number of nitrogens with zero attached hydrogens (tertiary/aromatic N) is 2. The van der Waals surface area contributed by atoms with Crippen molar-refractivity contribution in [2.75, 3.05) is 7.11 Å². The van der Waals surface area contributed by atoms with Crippen molar-refractivity contribution in [1.82, 2.24) is 5.01 Å². The first-order chi connectivity index (χ1) is 14.9. The third-order valence-corrected chi connectivity index (χ3v) is 6.24. The molecule has 0 saturated heterocycles. The average Bonchev–Trinajstić information content (AvgIpc) is 3.18. The Morgan fingerprint density at radius 1 is 0.968 bits per heavy atom. The van der Waals surface area contributed by atoms with Crippen LogP contribution in [0.15, 0.2) is 65.8 Å². The summed E-state index contributed by atoms with van der Waals surface area (Å²) in [4.78, 5) is 13.4. The Labute approximate surface area is 199 Å². The molecular formula is C23H16Cl4N2O2. The topological polar surface area (TPSA) is 41.9 Å². The molecule has 0 spiro atoms. The normalized spacial score (nSPS) is 15.7. The Morgan fingerprint density at radius 3 is 2.26 bits per heavy atom. The van der Waals surface area contributed by atoms with Crippen molar-refractivity contribution in [2.24, 2.45) is 5.10 Å². The molecule has 1 amide bonds. The third-order valence-electron chi connectivity index (χ3n) is 5.04. The van der Waals surface area contributed by atoms with E-state index < -0.39 is 6.04 Å². The first-order valence-electron chi connectivity index (χ1n) is 9.33. The van der Waals surface area contributed by atoms with Crippen LogP contribution >= 0.6 is 46.4 Å². The van der Waals surface area contributed by atoms with Crippen molar-refractivity contribution in [2.45, 2.75) is 12.5 Å². The van der Waals surface area contributed by atoms with Gasteiger partial charge in [-0.15, -0.1) is 0 Å². The van der Waals surface area contributed by atoms with Gasteiger partial charge in [-0.05, 0) is 60.2 Å². The molecule has 0 bridgehead atoms. The van der Waals surface area contributed by atoms with Crippen LogP contribution in [0.1, 0.15) is 33.9 Å². The van der Waals surface area contributed by atoms with Gasteiger partial charge >= 0.3 is 0 Å². The molecule has 158 valence electrons. The third kappa shape index (κ3) is 4.39. The SMILES string of the molecule is COc1ccc(C2=NN(C(=O)c3ccc(Cl)cc3Cl)C(c3c(Cl)cccc3Cl)C2)cc1. The average molecular weight is 494 g/mol. The molecule has 0 N–H and O–H groups in total. The maximum Gasteiger partial charge on any atom is 0.276 e. The van der Waals surface area contributed by atoms with Gasteiger partial charge in [0.1, 0.15) is 5.75 Å². The van der Waals surface area contributed by atoms with Gasteiger partial charge in [0.15, 0.2) is 0 Å². The predicted octanol–water partition coefficient (Wildman–Crippen LogP) is 7.30. The van der Waals surface area contributed by atoms with E-state index in [0.717, 1.165) is 17.0 Å². The summed E-state index contributed by atoms with van der Waals surface area (Å²) in [6, 6.07) is 17.0. The van der Waals surface area contributed by atoms with E-state index in [1.54, 1.807) is 37.4 Å². The minimum Gasteiger partial charge on any atom is -0.497 e. The van der Waals surface area contributed by atoms with Crippen LogP contribution in [-0.4, -0.2) is 23.7 Å². The number of methoxy groups -OCH3 is 1. The van der Waals surface area contributed by atoms with Gasteiger partial charge in [-0.25, -0.2) is 5.01 Å². The van der Waals surface area contributed by atoms with Gasteiger partial charge in [-0.1, -0.05) is 52.5 Å². The summed E-state index contributed by atoms with van der Waals surface area (Å²) < 4.78 is 5.23. The summed E-state index contributed by atoms with van der Waals surface area (Å²) in [5.74, 6) is 0.361. The van der Waals surface area contributed by atoms with Gasteiger partial charge in [-0.2, -0.15) is 5.10 Å². The lowest BCUT2D eigenvalue weighted by Crippen LogP contribution is -2.27. The second kappa shape index (κ2) is 9.09. The lowest BCUT2D eigenvalue weighted by atomic mass is 9.98. The van der Waals surface area contributed by atoms with Gasteiger partial charge in [-0.3, -0.25) is 4.79 Å². The largest absolute Gasteiger partial charge is 0.497 e. The standard InChI is InChI=1S/C23H16Cl4N2O2/c1-31-15-8-5-13(6-9-15)20-12-21(22-17(25)3-2-4-18(22)26)29(28-20)23(30)16-10-7-14(24)11-19(16)27/h2-11,21H,12H2,1H3. The summed E-state index contributed by atoms with van der Waals surface area (Å²) in [7, 11) is 1.60. The molecular weight excluding hydrogens is 478 g/mol. The number of hydrogen-bond donors (Lipinski definition) is 0. The number of halogens is 4. The van der Waals surface area contributed by atoms with E-state index >= 15 is 0 Å². The molecule has 4 rings (SSSR count). The van der Waals surface area contributed by atoms with Gasteiger partial charge in [0.05, 0.1) is 29.4 Å². The number of ether oxygens (including phenoxy) is 1. The van der Waals surface area contributed by atoms with E-state index in [4.69, 9.17) is 51.1 Å². The Bertz CT molecular complexity index is 1160. The molecule has 1 unspecified atom stereocenters. The van der Waals surface area contributed by atoms with E-state index in [0.29, 0.717) is 32.6 Å². The quantitative estimate of drug-likeness (QED) is 0.382. The molecule has 1 aliphatic heterocycles. The molecule has 1 atom stereocenters. The highest BCUT2D eigenvalue weighted by Gasteiger charge is 2.36. The van der Waals surface area contributed by atoms with Crippen LogP contribution in [0, 0.1) is 0 Å². The minimum absolute atomic E-state index is 0.245. The fourth-order valence-corrected chi connectivity index (χ4v) is 4.63. The molecule has 31 heavy (non-hydrogen) atoms. The van der Waals surface area contributed by atoms with Crippen LogP contribution in [-0.2, 0) is 0 Å². The van der Waals surface area contributed by atoms with Crippen LogP contribution in [0.2, 0.25) is 20.1 Å². The number of amides is 1. The van der Waals surface area contributed by atoms with Gasteiger partial charge in [0.25, 0.3) is 5.91 Å². The van der Waals surface area contributed by atoms with Crippen LogP contribution in [0.3, 0.4) is 0 Å². The van der Waals surface area contributed by atoms with Gasteiger partial charge in [0, 0.05) is 27.1 Å². The lowest BCUT2D eigenvalue weighted by molar-refractivity contribution is 0.0711. The van der Waals surface area contributed by atoms with Crippen LogP contribution in [0.4, 0.5) is 0 Å². The maximum absolute atomic E-state index is 13.4. The van der Waals surface area contributed by atoms with Crippen LogP contribution < -0.4 is 4.74 Å². The van der Waals surface area contributed by atoms with E-state index in [2.05, 4.69) is 5.10 Å². The summed E-state index contributed by atoms with van der Waals surface area (Å²) in [6.45, 7) is 0. The van der Waals surface area contributed by atoms with Crippen molar-refractivity contribution in [3.8, 4) is 5.75 Å². The predicted molar refractivity (Wildman–Crippen MR) is 126 cm³/mol. The Balaban J connectivity index is 1.79. The molecule has 1 aliphatic rings. The molecule has 0 aromatic heterocycles. The van der Waals surface area contributed by atoms with E-state index in [9.17, 15) is 4.79 Å². The zero-order chi connectivity index (χ0) is 22.1. The van der Waals surface area contributed by atoms with Crippen molar-refractivity contribution in [3.63, 3.8) is 0 Å². The van der Waals surface area contributed by atoms with E-state index in [-0.39, 0.29) is 10.9 Å². The highest BCUT2D eigenvalue weighted by Crippen LogP contribution is 2.41. The first-order valence-corrected chi connectivity index (χ1v) is 10.8. The molecule has 0 radical (unpaired) electrons. The zero-order valence-corrected chi connectivity index (χ0v) is 19.3. The Morgan fingerprint density at radius 2 is 1.65 bits per heavy atom. The molecule has 8 heteroatoms. The van der Waals surface area contributed by atoms with Gasteiger partial charge in [0.2, 0.25) is 0 Å². The number of rotatable bonds is 4. The summed E-state index contributed by atoms with van der Waals surface area (Å²) in [5, 5.41) is 7.64. The lowest BCUT2D eigenvalue weighted by Gasteiger charge is -2.24. The molecule has 3 aromatic carbocycles. The molecule has 3 aromatic rings. The Hall–Kier alpha value is -2.24. The van der Waals surface area contributed by atoms with Crippen molar-refractivity contribution in [1.29, 1.82) is 0 Å². The number of hydrazone groups is 1. The number of hydrogen-bond acceptors (Lipinski definition) is 3. The summed E-state index contributed by atoms with van der Waals surface area (Å²) in [5.41, 5.74) is 2.52.